The number of hydrogen-bond donors (Lipinski definition) is 1. The van der Waals surface area contributed by atoms with Gasteiger partial charge in [-0.3, -0.25) is 4.79 Å². The molecule has 2 heterocycles. The van der Waals surface area contributed by atoms with Crippen molar-refractivity contribution in [1.29, 1.82) is 0 Å². The molecule has 0 spiro atoms. The van der Waals surface area contributed by atoms with Crippen molar-refractivity contribution in [2.45, 2.75) is 0 Å². The van der Waals surface area contributed by atoms with Crippen LogP contribution in [0.4, 0.5) is 5.82 Å². The molecule has 0 bridgehead atoms. The highest BCUT2D eigenvalue weighted by atomic mass is 79.9. The third-order valence-corrected chi connectivity index (χ3v) is 3.10. The molecule has 0 saturated carbocycles. The summed E-state index contributed by atoms with van der Waals surface area (Å²) >= 11 is 3.18. The summed E-state index contributed by atoms with van der Waals surface area (Å²) in [6, 6.07) is 5.46. The van der Waals surface area contributed by atoms with Gasteiger partial charge in [0, 0.05) is 6.08 Å². The Balaban J connectivity index is 1.65. The van der Waals surface area contributed by atoms with E-state index in [0.717, 1.165) is 5.56 Å². The van der Waals surface area contributed by atoms with E-state index >= 15 is 0 Å². The predicted octanol–water partition coefficient (Wildman–Crippen LogP) is 2.62. The first-order valence-corrected chi connectivity index (χ1v) is 6.86. The van der Waals surface area contributed by atoms with E-state index in [4.69, 9.17) is 9.47 Å². The first-order chi connectivity index (χ1) is 10.2. The fraction of sp³-hybridized carbons (Fsp3) is 0.0714. The second-order valence-electron chi connectivity index (χ2n) is 4.16. The molecule has 0 saturated heterocycles. The number of hydrogen-bond acceptors (Lipinski definition) is 5. The van der Waals surface area contributed by atoms with Crippen LogP contribution < -0.4 is 14.8 Å². The number of rotatable bonds is 3. The normalized spacial score (nSPS) is 12.6. The standard InChI is InChI=1S/C14H10BrN3O3/c15-12-6-17-13(7-16-12)18-14(19)4-2-9-1-3-10-11(5-9)21-8-20-10/h1-7H,8H2,(H,17,18,19). The highest BCUT2D eigenvalue weighted by molar-refractivity contribution is 9.10. The minimum Gasteiger partial charge on any atom is -0.454 e. The van der Waals surface area contributed by atoms with Crippen LogP contribution in [-0.2, 0) is 4.79 Å². The number of carbonyl (C=O) groups is 1. The molecule has 2 aromatic rings. The minimum atomic E-state index is -0.288. The molecule has 1 aliphatic rings. The Morgan fingerprint density at radius 2 is 2.10 bits per heavy atom. The van der Waals surface area contributed by atoms with Crippen molar-refractivity contribution in [3.63, 3.8) is 0 Å². The third-order valence-electron chi connectivity index (χ3n) is 2.70. The maximum Gasteiger partial charge on any atom is 0.249 e. The quantitative estimate of drug-likeness (QED) is 0.864. The van der Waals surface area contributed by atoms with Gasteiger partial charge in [-0.1, -0.05) is 6.07 Å². The van der Waals surface area contributed by atoms with Gasteiger partial charge >= 0.3 is 0 Å². The summed E-state index contributed by atoms with van der Waals surface area (Å²) in [4.78, 5) is 19.8. The molecule has 0 radical (unpaired) electrons. The van der Waals surface area contributed by atoms with Crippen LogP contribution in [0.15, 0.2) is 41.3 Å². The zero-order valence-corrected chi connectivity index (χ0v) is 12.3. The molecule has 1 amide bonds. The summed E-state index contributed by atoms with van der Waals surface area (Å²) in [6.07, 6.45) is 6.08. The van der Waals surface area contributed by atoms with Gasteiger partial charge < -0.3 is 14.8 Å². The Labute approximate surface area is 128 Å². The molecular weight excluding hydrogens is 338 g/mol. The zero-order valence-electron chi connectivity index (χ0n) is 10.7. The Hall–Kier alpha value is -2.41. The van der Waals surface area contributed by atoms with E-state index in [-0.39, 0.29) is 12.7 Å². The molecule has 0 fully saturated rings. The molecule has 1 aliphatic heterocycles. The first-order valence-electron chi connectivity index (χ1n) is 6.07. The monoisotopic (exact) mass is 347 g/mol. The van der Waals surface area contributed by atoms with E-state index in [9.17, 15) is 4.79 Å². The highest BCUT2D eigenvalue weighted by Gasteiger charge is 2.12. The second-order valence-corrected chi connectivity index (χ2v) is 4.97. The highest BCUT2D eigenvalue weighted by Crippen LogP contribution is 2.32. The number of nitrogens with zero attached hydrogens (tertiary/aromatic N) is 2. The van der Waals surface area contributed by atoms with E-state index in [0.29, 0.717) is 21.9 Å². The lowest BCUT2D eigenvalue weighted by atomic mass is 10.2. The number of nitrogens with one attached hydrogen (secondary N) is 1. The van der Waals surface area contributed by atoms with Crippen LogP contribution in [0, 0.1) is 0 Å². The van der Waals surface area contributed by atoms with E-state index in [2.05, 4.69) is 31.2 Å². The number of anilines is 1. The van der Waals surface area contributed by atoms with Crippen LogP contribution in [0.1, 0.15) is 5.56 Å². The number of benzene rings is 1. The summed E-state index contributed by atoms with van der Waals surface area (Å²) in [5.74, 6) is 1.49. The predicted molar refractivity (Wildman–Crippen MR) is 80.0 cm³/mol. The van der Waals surface area contributed by atoms with E-state index in [1.807, 2.05) is 12.1 Å². The lowest BCUT2D eigenvalue weighted by molar-refractivity contribution is -0.111. The lowest BCUT2D eigenvalue weighted by Crippen LogP contribution is -2.09. The zero-order chi connectivity index (χ0) is 14.7. The Morgan fingerprint density at radius 1 is 1.24 bits per heavy atom. The summed E-state index contributed by atoms with van der Waals surface area (Å²) < 4.78 is 11.1. The summed E-state index contributed by atoms with van der Waals surface area (Å²) in [5, 5.41) is 2.62. The van der Waals surface area contributed by atoms with Crippen LogP contribution in [-0.4, -0.2) is 22.7 Å². The first kappa shape index (κ1) is 13.6. The molecule has 0 unspecified atom stereocenters. The average molecular weight is 348 g/mol. The minimum absolute atomic E-state index is 0.227. The van der Waals surface area contributed by atoms with Gasteiger partial charge in [-0.25, -0.2) is 9.97 Å². The fourth-order valence-electron chi connectivity index (χ4n) is 1.73. The Morgan fingerprint density at radius 3 is 2.90 bits per heavy atom. The largest absolute Gasteiger partial charge is 0.454 e. The van der Waals surface area contributed by atoms with Crippen molar-refractivity contribution in [3.8, 4) is 11.5 Å². The number of aromatic nitrogens is 2. The van der Waals surface area contributed by atoms with Crippen LogP contribution >= 0.6 is 15.9 Å². The molecule has 1 aromatic carbocycles. The number of ether oxygens (including phenoxy) is 2. The molecule has 0 atom stereocenters. The van der Waals surface area contributed by atoms with E-state index < -0.39 is 0 Å². The lowest BCUT2D eigenvalue weighted by Gasteiger charge is -2.00. The van der Waals surface area contributed by atoms with Crippen molar-refractivity contribution >= 4 is 33.7 Å². The Kier molecular flexibility index (Phi) is 3.83. The van der Waals surface area contributed by atoms with Gasteiger partial charge in [0.25, 0.3) is 0 Å². The summed E-state index contributed by atoms with van der Waals surface area (Å²) in [6.45, 7) is 0.227. The van der Waals surface area contributed by atoms with Gasteiger partial charge in [-0.15, -0.1) is 0 Å². The van der Waals surface area contributed by atoms with Crippen molar-refractivity contribution in [1.82, 2.24) is 9.97 Å². The molecule has 1 aromatic heterocycles. The fourth-order valence-corrected chi connectivity index (χ4v) is 1.94. The maximum absolute atomic E-state index is 11.8. The summed E-state index contributed by atoms with van der Waals surface area (Å²) in [5.41, 5.74) is 0.844. The van der Waals surface area contributed by atoms with Crippen molar-refractivity contribution in [3.05, 3.63) is 46.8 Å². The topological polar surface area (TPSA) is 73.3 Å². The third kappa shape index (κ3) is 3.38. The smallest absolute Gasteiger partial charge is 0.249 e. The van der Waals surface area contributed by atoms with Crippen molar-refractivity contribution in [2.75, 3.05) is 12.1 Å². The molecule has 3 rings (SSSR count). The van der Waals surface area contributed by atoms with Gasteiger partial charge in [-0.05, 0) is 39.7 Å². The molecule has 1 N–H and O–H groups in total. The number of fused-ring (bicyclic) bond motifs is 1. The average Bonchev–Trinajstić information content (AvgIpc) is 2.95. The van der Waals surface area contributed by atoms with Gasteiger partial charge in [0.05, 0.1) is 12.4 Å². The van der Waals surface area contributed by atoms with E-state index in [1.54, 1.807) is 12.1 Å². The SMILES string of the molecule is O=C(C=Cc1ccc2c(c1)OCO2)Nc1cnc(Br)cn1. The molecule has 106 valence electrons. The van der Waals surface area contributed by atoms with Crippen molar-refractivity contribution < 1.29 is 14.3 Å². The molecular formula is C14H10BrN3O3. The molecule has 21 heavy (non-hydrogen) atoms. The van der Waals surface area contributed by atoms with Crippen LogP contribution in [0.5, 0.6) is 11.5 Å². The van der Waals surface area contributed by atoms with Crippen molar-refractivity contribution in [2.24, 2.45) is 0 Å². The number of halogens is 1. The number of carbonyl (C=O) groups excluding carboxylic acids is 1. The summed E-state index contributed by atoms with van der Waals surface area (Å²) in [7, 11) is 0. The second kappa shape index (κ2) is 5.92. The van der Waals surface area contributed by atoms with Crippen LogP contribution in [0.25, 0.3) is 6.08 Å². The molecule has 7 heteroatoms. The van der Waals surface area contributed by atoms with Gasteiger partial charge in [0.15, 0.2) is 17.3 Å². The van der Waals surface area contributed by atoms with Gasteiger partial charge in [-0.2, -0.15) is 0 Å². The Bertz CT molecular complexity index is 701. The van der Waals surface area contributed by atoms with Gasteiger partial charge in [0.1, 0.15) is 4.60 Å². The molecule has 0 aliphatic carbocycles. The van der Waals surface area contributed by atoms with Gasteiger partial charge in [0.2, 0.25) is 12.7 Å². The van der Waals surface area contributed by atoms with E-state index in [1.165, 1.54) is 18.5 Å². The maximum atomic E-state index is 11.8. The number of amides is 1. The molecule has 6 nitrogen and oxygen atoms in total. The van der Waals surface area contributed by atoms with Crippen LogP contribution in [0.2, 0.25) is 0 Å². The van der Waals surface area contributed by atoms with Crippen LogP contribution in [0.3, 0.4) is 0 Å².